The highest BCUT2D eigenvalue weighted by Crippen LogP contribution is 2.53. The molecule has 0 bridgehead atoms. The van der Waals surface area contributed by atoms with E-state index in [0.717, 1.165) is 108 Å². The second-order valence-electron chi connectivity index (χ2n) is 43.0. The zero-order valence-electron chi connectivity index (χ0n) is 74.4. The van der Waals surface area contributed by atoms with Crippen molar-refractivity contribution < 1.29 is 4.74 Å². The van der Waals surface area contributed by atoms with E-state index in [1.54, 1.807) is 0 Å². The lowest BCUT2D eigenvalue weighted by Crippen LogP contribution is -2.64. The first-order chi connectivity index (χ1) is 54.2. The van der Waals surface area contributed by atoms with Crippen LogP contribution in [0.1, 0.15) is 237 Å². The summed E-state index contributed by atoms with van der Waals surface area (Å²) in [6, 6.07) is 95.5. The van der Waals surface area contributed by atoms with Crippen molar-refractivity contribution in [1.82, 2.24) is 0 Å². The summed E-state index contributed by atoms with van der Waals surface area (Å²) in [5.74, 6) is 1.67. The van der Waals surface area contributed by atoms with E-state index >= 15 is 0 Å². The molecule has 12 aromatic carbocycles. The second-order valence-corrected chi connectivity index (χ2v) is 43.0. The number of nitrogens with zero attached hydrogens (tertiary/aromatic N) is 5. The van der Waals surface area contributed by atoms with Gasteiger partial charge in [-0.05, 0) is 247 Å². The number of fused-ring (bicyclic) bond motifs is 8. The van der Waals surface area contributed by atoms with Gasteiger partial charge in [0.1, 0.15) is 11.5 Å². The summed E-state index contributed by atoms with van der Waals surface area (Å²) < 4.78 is 8.17. The van der Waals surface area contributed by atoms with Gasteiger partial charge < -0.3 is 29.2 Å². The molecule has 0 radical (unpaired) electrons. The highest BCUT2D eigenvalue weighted by atomic mass is 16.5. The molecule has 590 valence electrons. The number of hydrogen-bond donors (Lipinski definition) is 0. The van der Waals surface area contributed by atoms with Crippen molar-refractivity contribution in [3.8, 4) is 11.5 Å². The number of ether oxygens (including phenoxy) is 1. The average molecular weight is 1530 g/mol. The van der Waals surface area contributed by atoms with Gasteiger partial charge in [-0.2, -0.15) is 0 Å². The van der Waals surface area contributed by atoms with E-state index < -0.39 is 0 Å². The summed E-state index contributed by atoms with van der Waals surface area (Å²) in [6.45, 7) is 62.2. The molecule has 4 heterocycles. The first-order valence-electron chi connectivity index (χ1n) is 42.4. The summed E-state index contributed by atoms with van der Waals surface area (Å²) in [5.41, 5.74) is 34.5. The Morgan fingerprint density at radius 1 is 0.198 bits per heavy atom. The van der Waals surface area contributed by atoms with Crippen LogP contribution in [0.25, 0.3) is 0 Å². The molecule has 0 aliphatic carbocycles. The van der Waals surface area contributed by atoms with Crippen LogP contribution in [0, 0.1) is 0 Å². The zero-order valence-corrected chi connectivity index (χ0v) is 74.4. The van der Waals surface area contributed by atoms with Gasteiger partial charge in [-0.3, -0.25) is 0 Å². The number of hydrogen-bond acceptors (Lipinski definition) is 6. The molecule has 0 saturated heterocycles. The van der Waals surface area contributed by atoms with Crippen LogP contribution in [0.5, 0.6) is 11.5 Å². The fourth-order valence-corrected chi connectivity index (χ4v) is 17.9. The zero-order chi connectivity index (χ0) is 83.0. The lowest BCUT2D eigenvalue weighted by Gasteiger charge is -2.46. The van der Waals surface area contributed by atoms with E-state index in [0.29, 0.717) is 0 Å². The molecule has 0 fully saturated rings. The molecule has 6 nitrogen and oxygen atoms in total. The van der Waals surface area contributed by atoms with Crippen LogP contribution in [0.3, 0.4) is 0 Å². The van der Waals surface area contributed by atoms with Crippen LogP contribution >= 0.6 is 0 Å². The average Bonchev–Trinajstić information content (AvgIpc) is 0.684. The molecule has 0 N–H and O–H groups in total. The van der Waals surface area contributed by atoms with Crippen LogP contribution in [0.4, 0.5) is 85.3 Å². The van der Waals surface area contributed by atoms with E-state index in [2.05, 4.69) is 454 Å². The Morgan fingerprint density at radius 3 is 0.733 bits per heavy atom. The molecular formula is C108H121B2N5O. The Kier molecular flexibility index (Phi) is 18.9. The highest BCUT2D eigenvalue weighted by Gasteiger charge is 2.49. The molecular weight excluding hydrogens is 1400 g/mol. The Hall–Kier alpha value is -10.4. The van der Waals surface area contributed by atoms with Crippen molar-refractivity contribution in [2.24, 2.45) is 0 Å². The molecule has 0 unspecified atom stereocenters. The van der Waals surface area contributed by atoms with Gasteiger partial charge in [0.25, 0.3) is 13.4 Å². The van der Waals surface area contributed by atoms with Crippen molar-refractivity contribution in [2.45, 2.75) is 236 Å². The lowest BCUT2D eigenvalue weighted by molar-refractivity contribution is 0.488. The topological polar surface area (TPSA) is 25.4 Å². The molecule has 4 aliphatic rings. The van der Waals surface area contributed by atoms with Crippen molar-refractivity contribution in [2.75, 3.05) is 24.5 Å². The minimum Gasteiger partial charge on any atom is -0.458 e. The van der Waals surface area contributed by atoms with Crippen molar-refractivity contribution in [3.63, 3.8) is 0 Å². The quantitative estimate of drug-likeness (QED) is 0.134. The molecule has 4 aliphatic heterocycles. The van der Waals surface area contributed by atoms with Gasteiger partial charge in [-0.15, -0.1) is 0 Å². The third kappa shape index (κ3) is 14.3. The minimum atomic E-state index is -0.261. The van der Waals surface area contributed by atoms with Gasteiger partial charge >= 0.3 is 0 Å². The molecule has 0 atom stereocenters. The first kappa shape index (κ1) is 79.4. The summed E-state index contributed by atoms with van der Waals surface area (Å²) >= 11 is 0. The number of rotatable bonds is 9. The minimum absolute atomic E-state index is 0.0439. The second kappa shape index (κ2) is 27.6. The van der Waals surface area contributed by atoms with Crippen LogP contribution in [0.2, 0.25) is 0 Å². The third-order valence-electron chi connectivity index (χ3n) is 25.1. The van der Waals surface area contributed by atoms with Gasteiger partial charge in [0.2, 0.25) is 0 Å². The van der Waals surface area contributed by atoms with Gasteiger partial charge in [-0.1, -0.05) is 302 Å². The molecule has 116 heavy (non-hydrogen) atoms. The van der Waals surface area contributed by atoms with Gasteiger partial charge in [0, 0.05) is 86.1 Å². The van der Waals surface area contributed by atoms with E-state index in [9.17, 15) is 0 Å². The fraction of sp³-hybridized carbons (Fsp3) is 0.333. The maximum atomic E-state index is 8.17. The molecule has 0 spiro atoms. The van der Waals surface area contributed by atoms with Crippen LogP contribution < -0.4 is 62.0 Å². The third-order valence-corrected chi connectivity index (χ3v) is 25.1. The Bertz CT molecular complexity index is 5660. The molecule has 0 saturated carbocycles. The van der Waals surface area contributed by atoms with Crippen molar-refractivity contribution in [3.05, 3.63) is 293 Å². The smallest absolute Gasteiger partial charge is 0.256 e. The molecule has 12 aromatic rings. The predicted molar refractivity (Wildman–Crippen MR) is 504 cm³/mol. The number of anilines is 15. The van der Waals surface area contributed by atoms with Crippen LogP contribution in [-0.4, -0.2) is 13.4 Å². The van der Waals surface area contributed by atoms with E-state index in [1.807, 2.05) is 0 Å². The van der Waals surface area contributed by atoms with E-state index in [-0.39, 0.29) is 62.2 Å². The monoisotopic (exact) mass is 1530 g/mol. The fourth-order valence-electron chi connectivity index (χ4n) is 17.9. The van der Waals surface area contributed by atoms with Crippen molar-refractivity contribution in [1.29, 1.82) is 0 Å². The maximum absolute atomic E-state index is 8.17. The molecule has 16 rings (SSSR count). The predicted octanol–water partition coefficient (Wildman–Crippen LogP) is 26.8. The van der Waals surface area contributed by atoms with Crippen LogP contribution in [-0.2, 0) is 48.7 Å². The maximum Gasteiger partial charge on any atom is 0.256 e. The highest BCUT2D eigenvalue weighted by molar-refractivity contribution is 7.02. The Labute approximate surface area is 696 Å². The lowest BCUT2D eigenvalue weighted by atomic mass is 9.30. The van der Waals surface area contributed by atoms with Gasteiger partial charge in [0.05, 0.1) is 11.4 Å². The summed E-state index contributed by atoms with van der Waals surface area (Å²) in [7, 11) is 0. The number of benzene rings is 12. The summed E-state index contributed by atoms with van der Waals surface area (Å²) in [4.78, 5) is 12.8. The first-order valence-corrected chi connectivity index (χ1v) is 42.4. The van der Waals surface area contributed by atoms with Crippen LogP contribution in [0.15, 0.2) is 243 Å². The van der Waals surface area contributed by atoms with Gasteiger partial charge in [0.15, 0.2) is 0 Å². The van der Waals surface area contributed by atoms with Gasteiger partial charge in [-0.25, -0.2) is 0 Å². The Balaban J connectivity index is 1.03. The van der Waals surface area contributed by atoms with Crippen molar-refractivity contribution >= 4 is 132 Å². The largest absolute Gasteiger partial charge is 0.458 e. The Morgan fingerprint density at radius 2 is 0.440 bits per heavy atom. The molecule has 0 aromatic heterocycles. The molecule has 0 amide bonds. The van der Waals surface area contributed by atoms with E-state index in [1.165, 1.54) is 71.9 Å². The van der Waals surface area contributed by atoms with E-state index in [4.69, 9.17) is 4.74 Å². The summed E-state index contributed by atoms with van der Waals surface area (Å²) in [5, 5.41) is 0. The SMILES string of the molecule is CC(C)(C)c1ccc(N(c2ccc(C(C)(C)C)cc2)c2cc3c4c(c2)N(c2ccc(C(C)(C)C)cc2)c2ccc(C(C)(C)C)cc2B4c2cc4c(cc2O3)N(c2ccc(C(C)(C)C)cc2)c2cc(N(c3ccc(C(C)(C)C)cc3)c3ccc(C(C)(C)C)cc3)cc3c2B4c2cc(C(C)(C)C)ccc2N3c2ccc(C(C)(C)C)cc2)cc1. The summed E-state index contributed by atoms with van der Waals surface area (Å²) in [6.07, 6.45) is 0. The normalized spacial score (nSPS) is 14.1. The standard InChI is InChI=1S/C108H121B2N5O/c1-100(2,3)68-28-44-77(45-29-68)111(78-46-30-69(31-47-78)101(4,5)6)84-62-93-98-94(63-84)115(83-56-40-74(41-57-83)106(19,20)21)92-67-96-89(66-88(92)109(98)86-60-75(107(22,23)24)42-58-90(86)113(93)81-52-36-72(37-53-81)104(13,14)15)110-87-61-76(108(25,26)27)43-59-91(87)114(82-54-38-73(39-55-82)105(16,17)18)95-64-85(65-97(116-96)99(95)110)112(79-48-32-70(33-49-79)102(7,8)9)80-50-34-71(35-51-80)103(10,11)12/h28-67H,1-27H3. The molecule has 8 heteroatoms.